The van der Waals surface area contributed by atoms with E-state index in [0.29, 0.717) is 5.92 Å². The molecule has 0 aromatic heterocycles. The summed E-state index contributed by atoms with van der Waals surface area (Å²) >= 11 is 6.23. The molecular weight excluding hydrogens is 234 g/mol. The zero-order valence-corrected chi connectivity index (χ0v) is 11.2. The van der Waals surface area contributed by atoms with Crippen LogP contribution in [0.5, 0.6) is 0 Å². The third-order valence-corrected chi connectivity index (χ3v) is 4.18. The van der Waals surface area contributed by atoms with Crippen molar-refractivity contribution in [2.24, 2.45) is 11.3 Å². The number of halogens is 1. The number of hydrogen-bond donors (Lipinski definition) is 1. The van der Waals surface area contributed by atoms with Crippen LogP contribution in [-0.2, 0) is 0 Å². The van der Waals surface area contributed by atoms with Gasteiger partial charge in [0.25, 0.3) is 0 Å². The van der Waals surface area contributed by atoms with Crippen molar-refractivity contribution in [3.8, 4) is 0 Å². The highest BCUT2D eigenvalue weighted by Gasteiger charge is 2.35. The average Bonchev–Trinajstić information content (AvgIpc) is 2.28. The number of hydrogen-bond acceptors (Lipinski definition) is 2. The predicted octanol–water partition coefficient (Wildman–Crippen LogP) is 3.18. The van der Waals surface area contributed by atoms with Gasteiger partial charge in [0.05, 0.1) is 10.7 Å². The van der Waals surface area contributed by atoms with E-state index in [1.54, 1.807) is 0 Å². The van der Waals surface area contributed by atoms with Gasteiger partial charge in [-0.1, -0.05) is 37.6 Å². The molecule has 1 fully saturated rings. The number of benzene rings is 1. The molecular formula is C14H20ClNO. The first-order chi connectivity index (χ1) is 8.04. The number of anilines is 1. The Labute approximate surface area is 108 Å². The van der Waals surface area contributed by atoms with Gasteiger partial charge in [-0.2, -0.15) is 0 Å². The first kappa shape index (κ1) is 12.7. The highest BCUT2D eigenvalue weighted by Crippen LogP contribution is 2.38. The van der Waals surface area contributed by atoms with Crippen molar-refractivity contribution in [3.63, 3.8) is 0 Å². The molecule has 0 aliphatic carbocycles. The summed E-state index contributed by atoms with van der Waals surface area (Å²) in [5, 5.41) is 10.2. The van der Waals surface area contributed by atoms with E-state index < -0.39 is 0 Å². The van der Waals surface area contributed by atoms with Crippen molar-refractivity contribution in [1.29, 1.82) is 0 Å². The first-order valence-corrected chi connectivity index (χ1v) is 6.53. The van der Waals surface area contributed by atoms with Crippen LogP contribution in [0.2, 0.25) is 5.02 Å². The molecule has 0 amide bonds. The summed E-state index contributed by atoms with van der Waals surface area (Å²) in [5.41, 5.74) is 1.24. The lowest BCUT2D eigenvalue weighted by molar-refractivity contribution is 0.0973. The quantitative estimate of drug-likeness (QED) is 0.875. The van der Waals surface area contributed by atoms with Crippen LogP contribution >= 0.6 is 11.6 Å². The van der Waals surface area contributed by atoms with Gasteiger partial charge in [0.2, 0.25) is 0 Å². The molecule has 94 valence electrons. The minimum atomic E-state index is 0.131. The summed E-state index contributed by atoms with van der Waals surface area (Å²) in [6.45, 7) is 6.64. The van der Waals surface area contributed by atoms with Gasteiger partial charge in [0.15, 0.2) is 0 Å². The Kier molecular flexibility index (Phi) is 3.64. The monoisotopic (exact) mass is 253 g/mol. The van der Waals surface area contributed by atoms with E-state index in [0.717, 1.165) is 30.2 Å². The van der Waals surface area contributed by atoms with Crippen molar-refractivity contribution < 1.29 is 5.11 Å². The van der Waals surface area contributed by atoms with Crippen molar-refractivity contribution >= 4 is 17.3 Å². The Hall–Kier alpha value is -0.730. The van der Waals surface area contributed by atoms with E-state index in [9.17, 15) is 5.11 Å². The molecule has 1 aromatic rings. The molecule has 1 aliphatic rings. The fourth-order valence-electron chi connectivity index (χ4n) is 2.65. The molecule has 0 radical (unpaired) electrons. The van der Waals surface area contributed by atoms with Gasteiger partial charge in [0.1, 0.15) is 0 Å². The van der Waals surface area contributed by atoms with Gasteiger partial charge >= 0.3 is 0 Å². The maximum absolute atomic E-state index is 9.39. The van der Waals surface area contributed by atoms with Crippen molar-refractivity contribution in [2.75, 3.05) is 24.6 Å². The minimum absolute atomic E-state index is 0.131. The van der Waals surface area contributed by atoms with Crippen molar-refractivity contribution in [1.82, 2.24) is 0 Å². The first-order valence-electron chi connectivity index (χ1n) is 6.15. The van der Waals surface area contributed by atoms with Crippen LogP contribution in [0.3, 0.4) is 0 Å². The van der Waals surface area contributed by atoms with Crippen LogP contribution in [0.1, 0.15) is 20.3 Å². The van der Waals surface area contributed by atoms with Crippen molar-refractivity contribution in [2.45, 2.75) is 20.3 Å². The molecule has 1 N–H and O–H groups in total. The molecule has 0 saturated carbocycles. The van der Waals surface area contributed by atoms with Gasteiger partial charge in [-0.15, -0.1) is 0 Å². The van der Waals surface area contributed by atoms with Gasteiger partial charge in [-0.3, -0.25) is 0 Å². The Morgan fingerprint density at radius 1 is 1.41 bits per heavy atom. The molecule has 3 heteroatoms. The van der Waals surface area contributed by atoms with Crippen molar-refractivity contribution in [3.05, 3.63) is 29.3 Å². The van der Waals surface area contributed by atoms with E-state index >= 15 is 0 Å². The molecule has 1 atom stereocenters. The average molecular weight is 254 g/mol. The third kappa shape index (κ3) is 2.58. The second-order valence-electron chi connectivity index (χ2n) is 5.53. The Bertz CT molecular complexity index is 392. The van der Waals surface area contributed by atoms with E-state index in [1.165, 1.54) is 0 Å². The molecule has 1 aliphatic heterocycles. The molecule has 1 unspecified atom stereocenters. The van der Waals surface area contributed by atoms with Crippen LogP contribution in [-0.4, -0.2) is 24.8 Å². The second kappa shape index (κ2) is 4.87. The van der Waals surface area contributed by atoms with Crippen LogP contribution in [0.15, 0.2) is 24.3 Å². The largest absolute Gasteiger partial charge is 0.396 e. The minimum Gasteiger partial charge on any atom is -0.396 e. The summed E-state index contributed by atoms with van der Waals surface area (Å²) in [6.07, 6.45) is 1.02. The number of rotatable bonds is 2. The Balaban J connectivity index is 2.18. The standard InChI is InChI=1S/C14H20ClNO/c1-14(2)10-16(8-7-11(14)9-17)13-6-4-3-5-12(13)15/h3-6,11,17H,7-10H2,1-2H3. The molecule has 2 rings (SSSR count). The molecule has 1 saturated heterocycles. The molecule has 1 aromatic carbocycles. The number of aliphatic hydroxyl groups excluding tert-OH is 1. The normalized spacial score (nSPS) is 23.8. The molecule has 2 nitrogen and oxygen atoms in total. The maximum atomic E-state index is 9.39. The third-order valence-electron chi connectivity index (χ3n) is 3.86. The summed E-state index contributed by atoms with van der Waals surface area (Å²) in [7, 11) is 0. The van der Waals surface area contributed by atoms with E-state index in [2.05, 4.69) is 24.8 Å². The lowest BCUT2D eigenvalue weighted by Crippen LogP contribution is -2.47. The highest BCUT2D eigenvalue weighted by molar-refractivity contribution is 6.33. The maximum Gasteiger partial charge on any atom is 0.0639 e. The fourth-order valence-corrected chi connectivity index (χ4v) is 2.91. The number of nitrogens with zero attached hydrogens (tertiary/aromatic N) is 1. The van der Waals surface area contributed by atoms with Crippen LogP contribution in [0.4, 0.5) is 5.69 Å². The zero-order valence-electron chi connectivity index (χ0n) is 10.5. The number of aliphatic hydroxyl groups is 1. The molecule has 0 spiro atoms. The van der Waals surface area contributed by atoms with Gasteiger partial charge in [0, 0.05) is 19.7 Å². The second-order valence-corrected chi connectivity index (χ2v) is 5.94. The molecule has 17 heavy (non-hydrogen) atoms. The molecule has 0 bridgehead atoms. The van der Waals surface area contributed by atoms with Crippen LogP contribution in [0.25, 0.3) is 0 Å². The van der Waals surface area contributed by atoms with Crippen LogP contribution in [0, 0.1) is 11.3 Å². The Morgan fingerprint density at radius 3 is 2.71 bits per heavy atom. The lowest BCUT2D eigenvalue weighted by atomic mass is 9.74. The summed E-state index contributed by atoms with van der Waals surface area (Å²) in [6, 6.07) is 7.98. The van der Waals surface area contributed by atoms with Gasteiger partial charge in [-0.05, 0) is 29.9 Å². The number of piperidine rings is 1. The predicted molar refractivity (Wildman–Crippen MR) is 72.6 cm³/mol. The van der Waals surface area contributed by atoms with E-state index in [-0.39, 0.29) is 12.0 Å². The lowest BCUT2D eigenvalue weighted by Gasteiger charge is -2.44. The summed E-state index contributed by atoms with van der Waals surface area (Å²) in [5.74, 6) is 0.390. The molecule has 1 heterocycles. The summed E-state index contributed by atoms with van der Waals surface area (Å²) < 4.78 is 0. The Morgan fingerprint density at radius 2 is 2.12 bits per heavy atom. The summed E-state index contributed by atoms with van der Waals surface area (Å²) in [4.78, 5) is 2.33. The van der Waals surface area contributed by atoms with Gasteiger partial charge in [-0.25, -0.2) is 0 Å². The smallest absolute Gasteiger partial charge is 0.0639 e. The highest BCUT2D eigenvalue weighted by atomic mass is 35.5. The number of para-hydroxylation sites is 1. The topological polar surface area (TPSA) is 23.5 Å². The van der Waals surface area contributed by atoms with Crippen LogP contribution < -0.4 is 4.90 Å². The zero-order chi connectivity index (χ0) is 12.5. The SMILES string of the molecule is CC1(C)CN(c2ccccc2Cl)CCC1CO. The van der Waals surface area contributed by atoms with E-state index in [1.807, 2.05) is 18.2 Å². The van der Waals surface area contributed by atoms with Gasteiger partial charge < -0.3 is 10.0 Å². The van der Waals surface area contributed by atoms with E-state index in [4.69, 9.17) is 11.6 Å². The fraction of sp³-hybridized carbons (Fsp3) is 0.571.